The number of hydrogen-bond acceptors (Lipinski definition) is 4. The molecule has 0 saturated carbocycles. The van der Waals surface area contributed by atoms with Crippen molar-refractivity contribution >= 4 is 11.6 Å². The molecule has 0 aliphatic carbocycles. The number of nitrogens with zero attached hydrogens (tertiary/aromatic N) is 1. The number of anilines is 1. The summed E-state index contributed by atoms with van der Waals surface area (Å²) >= 11 is 0. The largest absolute Gasteiger partial charge is 0.495 e. The fourth-order valence-corrected chi connectivity index (χ4v) is 2.48. The van der Waals surface area contributed by atoms with Gasteiger partial charge >= 0.3 is 0 Å². The Bertz CT molecular complexity index is 462. The van der Waals surface area contributed by atoms with Gasteiger partial charge in [0.15, 0.2) is 0 Å². The van der Waals surface area contributed by atoms with E-state index in [4.69, 9.17) is 4.74 Å². The van der Waals surface area contributed by atoms with Crippen LogP contribution in [0, 0.1) is 5.92 Å². The van der Waals surface area contributed by atoms with E-state index in [0.717, 1.165) is 24.4 Å². The fourth-order valence-electron chi connectivity index (χ4n) is 2.48. The number of aliphatic hydroxyl groups excluding tert-OH is 1. The van der Waals surface area contributed by atoms with Crippen molar-refractivity contribution in [3.05, 3.63) is 24.3 Å². The predicted molar refractivity (Wildman–Crippen MR) is 77.9 cm³/mol. The van der Waals surface area contributed by atoms with Crippen molar-refractivity contribution in [1.29, 1.82) is 0 Å². The molecule has 1 fully saturated rings. The first-order valence-corrected chi connectivity index (χ1v) is 6.94. The van der Waals surface area contributed by atoms with Gasteiger partial charge in [-0.05, 0) is 25.5 Å². The third kappa shape index (κ3) is 3.42. The molecule has 2 N–H and O–H groups in total. The minimum absolute atomic E-state index is 0.0547. The molecule has 1 aliphatic heterocycles. The number of aliphatic hydroxyl groups is 1. The van der Waals surface area contributed by atoms with E-state index in [-0.39, 0.29) is 24.5 Å². The maximum absolute atomic E-state index is 12.1. The molecule has 1 saturated heterocycles. The van der Waals surface area contributed by atoms with E-state index in [1.165, 1.54) is 0 Å². The summed E-state index contributed by atoms with van der Waals surface area (Å²) in [4.78, 5) is 13.9. The number of methoxy groups -OCH3 is 1. The molecular formula is C15H22N2O3. The molecule has 1 amide bonds. The van der Waals surface area contributed by atoms with Gasteiger partial charge < -0.3 is 20.1 Å². The number of ether oxygens (including phenoxy) is 1. The molecule has 1 aromatic carbocycles. The Labute approximate surface area is 119 Å². The summed E-state index contributed by atoms with van der Waals surface area (Å²) in [6.07, 6.45) is 0.521. The van der Waals surface area contributed by atoms with E-state index in [9.17, 15) is 9.90 Å². The van der Waals surface area contributed by atoms with Crippen LogP contribution in [0.2, 0.25) is 0 Å². The Kier molecular flexibility index (Phi) is 4.84. The summed E-state index contributed by atoms with van der Waals surface area (Å²) in [5.41, 5.74) is 0.814. The highest BCUT2D eigenvalue weighted by molar-refractivity contribution is 5.81. The van der Waals surface area contributed by atoms with Gasteiger partial charge in [-0.15, -0.1) is 0 Å². The monoisotopic (exact) mass is 278 g/mol. The Balaban J connectivity index is 1.87. The standard InChI is InChI=1S/C15H22N2O3/c1-11(18)12-7-8-17(10-12)15(19)9-16-13-5-3-4-6-14(13)20-2/h3-6,11-12,16,18H,7-10H2,1-2H3. The van der Waals surface area contributed by atoms with Crippen molar-refractivity contribution < 1.29 is 14.6 Å². The van der Waals surface area contributed by atoms with Crippen molar-refractivity contribution in [2.75, 3.05) is 32.1 Å². The maximum atomic E-state index is 12.1. The predicted octanol–water partition coefficient (Wildman–Crippen LogP) is 1.34. The number of carbonyl (C=O) groups excluding carboxylic acids is 1. The fraction of sp³-hybridized carbons (Fsp3) is 0.533. The van der Waals surface area contributed by atoms with E-state index in [2.05, 4.69) is 5.32 Å². The lowest BCUT2D eigenvalue weighted by molar-refractivity contribution is -0.128. The van der Waals surface area contributed by atoms with E-state index in [1.54, 1.807) is 18.9 Å². The molecule has 0 radical (unpaired) electrons. The highest BCUT2D eigenvalue weighted by Gasteiger charge is 2.28. The lowest BCUT2D eigenvalue weighted by atomic mass is 10.0. The van der Waals surface area contributed by atoms with E-state index >= 15 is 0 Å². The van der Waals surface area contributed by atoms with E-state index < -0.39 is 0 Å². The second-order valence-electron chi connectivity index (χ2n) is 5.18. The number of hydrogen-bond donors (Lipinski definition) is 2. The van der Waals surface area contributed by atoms with Gasteiger partial charge in [0.2, 0.25) is 5.91 Å². The summed E-state index contributed by atoms with van der Waals surface area (Å²) in [6, 6.07) is 7.52. The van der Waals surface area contributed by atoms with Crippen LogP contribution in [0.5, 0.6) is 5.75 Å². The summed E-state index contributed by atoms with van der Waals surface area (Å²) in [7, 11) is 1.61. The lowest BCUT2D eigenvalue weighted by Gasteiger charge is -2.18. The Morgan fingerprint density at radius 3 is 2.95 bits per heavy atom. The average Bonchev–Trinajstić information content (AvgIpc) is 2.95. The Morgan fingerprint density at radius 1 is 1.55 bits per heavy atom. The molecule has 0 spiro atoms. The number of amides is 1. The van der Waals surface area contributed by atoms with Gasteiger partial charge in [0.05, 0.1) is 25.4 Å². The quantitative estimate of drug-likeness (QED) is 0.853. The van der Waals surface area contributed by atoms with Gasteiger partial charge in [0.1, 0.15) is 5.75 Å². The molecule has 0 aromatic heterocycles. The van der Waals surface area contributed by atoms with E-state index in [1.807, 2.05) is 24.3 Å². The molecule has 5 heteroatoms. The van der Waals surface area contributed by atoms with Crippen molar-refractivity contribution in [1.82, 2.24) is 4.90 Å². The minimum Gasteiger partial charge on any atom is -0.495 e. The first kappa shape index (κ1) is 14.7. The van der Waals surface area contributed by atoms with Crippen LogP contribution in [-0.4, -0.2) is 48.8 Å². The number of rotatable bonds is 5. The second kappa shape index (κ2) is 6.61. The van der Waals surface area contributed by atoms with Gasteiger partial charge in [-0.2, -0.15) is 0 Å². The molecule has 2 unspecified atom stereocenters. The molecule has 1 aliphatic rings. The summed E-state index contributed by atoms with van der Waals surface area (Å²) < 4.78 is 5.23. The third-order valence-electron chi connectivity index (χ3n) is 3.80. The molecule has 20 heavy (non-hydrogen) atoms. The molecular weight excluding hydrogens is 256 g/mol. The van der Waals surface area contributed by atoms with Crippen LogP contribution in [0.15, 0.2) is 24.3 Å². The average molecular weight is 278 g/mol. The summed E-state index contributed by atoms with van der Waals surface area (Å²) in [6.45, 7) is 3.39. The first-order valence-electron chi connectivity index (χ1n) is 6.94. The number of nitrogens with one attached hydrogen (secondary N) is 1. The van der Waals surface area contributed by atoms with Crippen molar-refractivity contribution in [3.8, 4) is 5.75 Å². The maximum Gasteiger partial charge on any atom is 0.241 e. The zero-order valence-corrected chi connectivity index (χ0v) is 12.0. The number of carbonyl (C=O) groups is 1. The number of likely N-dealkylation sites (tertiary alicyclic amines) is 1. The Hall–Kier alpha value is -1.75. The van der Waals surface area contributed by atoms with Gasteiger partial charge in [0.25, 0.3) is 0 Å². The van der Waals surface area contributed by atoms with Crippen molar-refractivity contribution in [2.24, 2.45) is 5.92 Å². The SMILES string of the molecule is COc1ccccc1NCC(=O)N1CCC(C(C)O)C1. The highest BCUT2D eigenvalue weighted by Crippen LogP contribution is 2.23. The molecule has 110 valence electrons. The normalized spacial score (nSPS) is 19.8. The summed E-state index contributed by atoms with van der Waals surface area (Å²) in [5.74, 6) is 0.979. The smallest absolute Gasteiger partial charge is 0.241 e. The van der Waals surface area contributed by atoms with Crippen LogP contribution >= 0.6 is 0 Å². The molecule has 2 rings (SSSR count). The van der Waals surface area contributed by atoms with Crippen molar-refractivity contribution in [2.45, 2.75) is 19.4 Å². The zero-order chi connectivity index (χ0) is 14.5. The number of benzene rings is 1. The minimum atomic E-state index is -0.352. The number of para-hydroxylation sites is 2. The molecule has 2 atom stereocenters. The van der Waals surface area contributed by atoms with Gasteiger partial charge in [-0.25, -0.2) is 0 Å². The van der Waals surface area contributed by atoms with E-state index in [0.29, 0.717) is 6.54 Å². The lowest BCUT2D eigenvalue weighted by Crippen LogP contribution is -2.34. The van der Waals surface area contributed by atoms with Crippen LogP contribution in [0.1, 0.15) is 13.3 Å². The summed E-state index contributed by atoms with van der Waals surface area (Å²) in [5, 5.41) is 12.7. The van der Waals surface area contributed by atoms with Crippen LogP contribution in [0.3, 0.4) is 0 Å². The third-order valence-corrected chi connectivity index (χ3v) is 3.80. The Morgan fingerprint density at radius 2 is 2.30 bits per heavy atom. The zero-order valence-electron chi connectivity index (χ0n) is 12.0. The highest BCUT2D eigenvalue weighted by atomic mass is 16.5. The second-order valence-corrected chi connectivity index (χ2v) is 5.18. The van der Waals surface area contributed by atoms with Crippen molar-refractivity contribution in [3.63, 3.8) is 0 Å². The van der Waals surface area contributed by atoms with Crippen LogP contribution < -0.4 is 10.1 Å². The van der Waals surface area contributed by atoms with Gasteiger partial charge in [-0.3, -0.25) is 4.79 Å². The van der Waals surface area contributed by atoms with Crippen LogP contribution in [0.25, 0.3) is 0 Å². The molecule has 1 aromatic rings. The van der Waals surface area contributed by atoms with Crippen LogP contribution in [-0.2, 0) is 4.79 Å². The molecule has 1 heterocycles. The molecule has 0 bridgehead atoms. The molecule has 5 nitrogen and oxygen atoms in total. The van der Waals surface area contributed by atoms with Gasteiger partial charge in [0, 0.05) is 19.0 Å². The van der Waals surface area contributed by atoms with Gasteiger partial charge in [-0.1, -0.05) is 12.1 Å². The first-order chi connectivity index (χ1) is 9.61. The topological polar surface area (TPSA) is 61.8 Å². The van der Waals surface area contributed by atoms with Crippen LogP contribution in [0.4, 0.5) is 5.69 Å².